The van der Waals surface area contributed by atoms with Crippen LogP contribution >= 0.6 is 11.3 Å². The number of rotatable bonds is 4. The molecule has 4 heteroatoms. The fourth-order valence-corrected chi connectivity index (χ4v) is 3.16. The summed E-state index contributed by atoms with van der Waals surface area (Å²) in [6.45, 7) is 0.200. The maximum Gasteiger partial charge on any atom is 0.128 e. The third kappa shape index (κ3) is 1.82. The van der Waals surface area contributed by atoms with Crippen LogP contribution in [0.2, 0.25) is 0 Å². The number of benzene rings is 1. The molecule has 18 heavy (non-hydrogen) atoms. The molecule has 1 aliphatic rings. The van der Waals surface area contributed by atoms with E-state index in [4.69, 9.17) is 4.74 Å². The first-order valence-corrected chi connectivity index (χ1v) is 6.87. The highest BCUT2D eigenvalue weighted by Crippen LogP contribution is 2.49. The third-order valence-electron chi connectivity index (χ3n) is 3.50. The molecule has 0 saturated heterocycles. The smallest absolute Gasteiger partial charge is 0.128 e. The first kappa shape index (κ1) is 11.7. The van der Waals surface area contributed by atoms with Crippen molar-refractivity contribution in [3.05, 3.63) is 34.7 Å². The minimum atomic E-state index is -0.0507. The number of aliphatic hydroxyl groups is 1. The molecule has 1 aromatic carbocycles. The number of methoxy groups -OCH3 is 1. The first-order valence-electron chi connectivity index (χ1n) is 5.99. The lowest BCUT2D eigenvalue weighted by atomic mass is 10.1. The van der Waals surface area contributed by atoms with Crippen LogP contribution in [0.1, 0.15) is 17.8 Å². The van der Waals surface area contributed by atoms with Gasteiger partial charge in [-0.1, -0.05) is 12.1 Å². The molecule has 3 nitrogen and oxygen atoms in total. The van der Waals surface area contributed by atoms with Crippen molar-refractivity contribution >= 4 is 11.3 Å². The van der Waals surface area contributed by atoms with E-state index in [9.17, 15) is 5.11 Å². The molecule has 1 aromatic heterocycles. The number of hydrogen-bond acceptors (Lipinski definition) is 4. The number of aliphatic hydroxyl groups excluding tert-OH is 1. The molecule has 2 aromatic rings. The lowest BCUT2D eigenvalue weighted by molar-refractivity contribution is 0.255. The van der Waals surface area contributed by atoms with Gasteiger partial charge in [0.1, 0.15) is 10.8 Å². The number of thiazole rings is 1. The minimum absolute atomic E-state index is 0.0507. The molecule has 1 heterocycles. The van der Waals surface area contributed by atoms with Crippen molar-refractivity contribution in [3.63, 3.8) is 0 Å². The Kier molecular flexibility index (Phi) is 2.84. The molecule has 1 aliphatic carbocycles. The van der Waals surface area contributed by atoms with Crippen LogP contribution in [-0.2, 0) is 5.41 Å². The Labute approximate surface area is 110 Å². The molecule has 3 rings (SSSR count). The average Bonchev–Trinajstić information content (AvgIpc) is 3.08. The average molecular weight is 261 g/mol. The maximum atomic E-state index is 9.43. The Hall–Kier alpha value is -1.39. The molecule has 1 saturated carbocycles. The Morgan fingerprint density at radius 2 is 2.17 bits per heavy atom. The Morgan fingerprint density at radius 1 is 1.39 bits per heavy atom. The van der Waals surface area contributed by atoms with Crippen LogP contribution < -0.4 is 4.74 Å². The van der Waals surface area contributed by atoms with Crippen LogP contribution in [0.5, 0.6) is 5.75 Å². The van der Waals surface area contributed by atoms with Crippen LogP contribution in [-0.4, -0.2) is 23.8 Å². The van der Waals surface area contributed by atoms with E-state index in [1.165, 1.54) is 0 Å². The first-order chi connectivity index (χ1) is 8.79. The summed E-state index contributed by atoms with van der Waals surface area (Å²) in [5.74, 6) is 0.836. The fraction of sp³-hybridized carbons (Fsp3) is 0.357. The molecular weight excluding hydrogens is 246 g/mol. The van der Waals surface area contributed by atoms with E-state index in [1.54, 1.807) is 18.4 Å². The summed E-state index contributed by atoms with van der Waals surface area (Å²) < 4.78 is 5.35. The van der Waals surface area contributed by atoms with Crippen LogP contribution in [0.4, 0.5) is 0 Å². The number of para-hydroxylation sites is 1. The molecule has 0 amide bonds. The van der Waals surface area contributed by atoms with Gasteiger partial charge in [-0.3, -0.25) is 0 Å². The quantitative estimate of drug-likeness (QED) is 0.920. The normalized spacial score (nSPS) is 16.6. The van der Waals surface area contributed by atoms with E-state index in [0.717, 1.165) is 34.9 Å². The van der Waals surface area contributed by atoms with E-state index in [0.29, 0.717) is 0 Å². The summed E-state index contributed by atoms with van der Waals surface area (Å²) in [6, 6.07) is 7.88. The Bertz CT molecular complexity index is 560. The molecular formula is C14H15NO2S. The number of nitrogens with zero attached hydrogens (tertiary/aromatic N) is 1. The van der Waals surface area contributed by atoms with Gasteiger partial charge in [-0.2, -0.15) is 0 Å². The van der Waals surface area contributed by atoms with E-state index in [-0.39, 0.29) is 12.0 Å². The highest BCUT2D eigenvalue weighted by atomic mass is 32.1. The van der Waals surface area contributed by atoms with Crippen molar-refractivity contribution in [3.8, 4) is 17.0 Å². The lowest BCUT2D eigenvalue weighted by Crippen LogP contribution is -2.11. The molecule has 1 fully saturated rings. The molecule has 0 spiro atoms. The summed E-state index contributed by atoms with van der Waals surface area (Å²) >= 11 is 1.63. The zero-order chi connectivity index (χ0) is 12.6. The van der Waals surface area contributed by atoms with Gasteiger partial charge in [0.05, 0.1) is 19.4 Å². The van der Waals surface area contributed by atoms with Gasteiger partial charge in [-0.15, -0.1) is 11.3 Å². The summed E-state index contributed by atoms with van der Waals surface area (Å²) in [6.07, 6.45) is 2.09. The standard InChI is InChI=1S/C14H15NO2S/c1-17-12-5-3-2-4-10(12)11-8-18-13(15-11)14(9-16)6-7-14/h2-5,8,16H,6-7,9H2,1H3. The van der Waals surface area contributed by atoms with Crippen molar-refractivity contribution < 1.29 is 9.84 Å². The van der Waals surface area contributed by atoms with Crippen LogP contribution in [0, 0.1) is 0 Å². The molecule has 94 valence electrons. The predicted octanol–water partition coefficient (Wildman–Crippen LogP) is 2.84. The van der Waals surface area contributed by atoms with E-state index in [2.05, 4.69) is 4.98 Å². The second-order valence-corrected chi connectivity index (χ2v) is 5.53. The molecule has 1 N–H and O–H groups in total. The predicted molar refractivity (Wildman–Crippen MR) is 72.1 cm³/mol. The number of hydrogen-bond donors (Lipinski definition) is 1. The van der Waals surface area contributed by atoms with Gasteiger partial charge in [0, 0.05) is 16.4 Å². The summed E-state index contributed by atoms with van der Waals surface area (Å²) in [5.41, 5.74) is 1.90. The van der Waals surface area contributed by atoms with Crippen molar-refractivity contribution in [2.75, 3.05) is 13.7 Å². The van der Waals surface area contributed by atoms with Gasteiger partial charge in [0.15, 0.2) is 0 Å². The second-order valence-electron chi connectivity index (χ2n) is 4.68. The summed E-state index contributed by atoms with van der Waals surface area (Å²) in [4.78, 5) is 4.67. The summed E-state index contributed by atoms with van der Waals surface area (Å²) in [7, 11) is 1.67. The van der Waals surface area contributed by atoms with Gasteiger partial charge >= 0.3 is 0 Å². The maximum absolute atomic E-state index is 9.43. The fourth-order valence-electron chi connectivity index (χ4n) is 2.09. The van der Waals surface area contributed by atoms with E-state index < -0.39 is 0 Å². The Morgan fingerprint density at radius 3 is 2.83 bits per heavy atom. The molecule has 0 bridgehead atoms. The van der Waals surface area contributed by atoms with E-state index >= 15 is 0 Å². The number of ether oxygens (including phenoxy) is 1. The van der Waals surface area contributed by atoms with Crippen molar-refractivity contribution in [2.24, 2.45) is 0 Å². The van der Waals surface area contributed by atoms with Crippen LogP contribution in [0.3, 0.4) is 0 Å². The van der Waals surface area contributed by atoms with Gasteiger partial charge in [0.25, 0.3) is 0 Å². The van der Waals surface area contributed by atoms with E-state index in [1.807, 2.05) is 29.6 Å². The molecule has 0 radical (unpaired) electrons. The SMILES string of the molecule is COc1ccccc1-c1csc(C2(CO)CC2)n1. The van der Waals surface area contributed by atoms with Crippen molar-refractivity contribution in [2.45, 2.75) is 18.3 Å². The van der Waals surface area contributed by atoms with Crippen molar-refractivity contribution in [1.29, 1.82) is 0 Å². The van der Waals surface area contributed by atoms with Gasteiger partial charge in [0.2, 0.25) is 0 Å². The van der Waals surface area contributed by atoms with Crippen LogP contribution in [0.25, 0.3) is 11.3 Å². The lowest BCUT2D eigenvalue weighted by Gasteiger charge is -2.07. The van der Waals surface area contributed by atoms with Gasteiger partial charge < -0.3 is 9.84 Å². The summed E-state index contributed by atoms with van der Waals surface area (Å²) in [5, 5.41) is 12.5. The monoisotopic (exact) mass is 261 g/mol. The second kappa shape index (κ2) is 4.37. The van der Waals surface area contributed by atoms with Gasteiger partial charge in [-0.05, 0) is 25.0 Å². The zero-order valence-electron chi connectivity index (χ0n) is 10.2. The minimum Gasteiger partial charge on any atom is -0.496 e. The number of aromatic nitrogens is 1. The largest absolute Gasteiger partial charge is 0.496 e. The zero-order valence-corrected chi connectivity index (χ0v) is 11.0. The molecule has 0 aliphatic heterocycles. The van der Waals surface area contributed by atoms with Crippen molar-refractivity contribution in [1.82, 2.24) is 4.98 Å². The van der Waals surface area contributed by atoms with Crippen LogP contribution in [0.15, 0.2) is 29.6 Å². The highest BCUT2D eigenvalue weighted by Gasteiger charge is 2.46. The van der Waals surface area contributed by atoms with Gasteiger partial charge in [-0.25, -0.2) is 4.98 Å². The molecule has 0 unspecified atom stereocenters. The molecule has 0 atom stereocenters. The Balaban J connectivity index is 1.98. The third-order valence-corrected chi connectivity index (χ3v) is 4.59. The highest BCUT2D eigenvalue weighted by molar-refractivity contribution is 7.10. The topological polar surface area (TPSA) is 42.4 Å².